The molecule has 0 saturated carbocycles. The van der Waals surface area contributed by atoms with Crippen LogP contribution in [-0.2, 0) is 11.3 Å². The average Bonchev–Trinajstić information content (AvgIpc) is 3.44. The first-order valence-corrected chi connectivity index (χ1v) is 16.8. The number of carbonyl (C=O) groups is 2. The van der Waals surface area contributed by atoms with Gasteiger partial charge in [0.1, 0.15) is 11.6 Å². The zero-order valence-corrected chi connectivity index (χ0v) is 28.6. The zero-order valence-electron chi connectivity index (χ0n) is 27.9. The fraction of sp³-hybridized carbons (Fsp3) is 0.250. The first-order valence-electron chi connectivity index (χ1n) is 16.4. The summed E-state index contributed by atoms with van der Waals surface area (Å²) in [5.74, 6) is -1.57. The summed E-state index contributed by atoms with van der Waals surface area (Å²) in [4.78, 5) is 27.9. The number of hydrogen-bond acceptors (Lipinski definition) is 5. The molecule has 1 aromatic heterocycles. The lowest BCUT2D eigenvalue weighted by Crippen LogP contribution is -2.35. The highest BCUT2D eigenvalue weighted by Gasteiger charge is 2.33. The van der Waals surface area contributed by atoms with Crippen LogP contribution in [0.3, 0.4) is 0 Å². The Morgan fingerprint density at radius 1 is 0.840 bits per heavy atom. The van der Waals surface area contributed by atoms with E-state index in [9.17, 15) is 19.4 Å². The van der Waals surface area contributed by atoms with Gasteiger partial charge in [-0.2, -0.15) is 0 Å². The highest BCUT2D eigenvalue weighted by atomic mass is 35.5. The smallest absolute Gasteiger partial charge is 0.305 e. The molecule has 0 bridgehead atoms. The number of halogens is 2. The monoisotopic (exact) mass is 698 g/mol. The third-order valence-electron chi connectivity index (χ3n) is 8.37. The van der Waals surface area contributed by atoms with Gasteiger partial charge in [-0.25, -0.2) is 4.39 Å². The number of hydrogen-bond donors (Lipinski definition) is 3. The molecule has 5 rings (SSSR count). The van der Waals surface area contributed by atoms with Gasteiger partial charge in [0.15, 0.2) is 6.73 Å². The van der Waals surface area contributed by atoms with Crippen LogP contribution in [-0.4, -0.2) is 50.7 Å². The topological polar surface area (TPSA) is 112 Å². The molecule has 0 aliphatic rings. The normalized spacial score (nSPS) is 12.5. The molecule has 4 aromatic carbocycles. The Bertz CT molecular complexity index is 1880. The highest BCUT2D eigenvalue weighted by Crippen LogP contribution is 2.43. The van der Waals surface area contributed by atoms with E-state index >= 15 is 4.79 Å². The molecule has 2 atom stereocenters. The van der Waals surface area contributed by atoms with E-state index in [1.165, 1.54) is 12.1 Å². The van der Waals surface area contributed by atoms with Crippen LogP contribution in [0.4, 0.5) is 10.1 Å². The molecule has 5 aromatic rings. The van der Waals surface area contributed by atoms with Crippen molar-refractivity contribution in [3.8, 4) is 28.1 Å². The second-order valence-corrected chi connectivity index (χ2v) is 12.8. The lowest BCUT2D eigenvalue weighted by molar-refractivity contribution is -0.139. The number of aromatic nitrogens is 1. The molecule has 0 unspecified atom stereocenters. The van der Waals surface area contributed by atoms with Crippen molar-refractivity contribution in [1.82, 2.24) is 4.57 Å². The molecule has 10 heteroatoms. The van der Waals surface area contributed by atoms with Crippen LogP contribution in [0.1, 0.15) is 55.1 Å². The van der Waals surface area contributed by atoms with Crippen LogP contribution >= 0.6 is 11.6 Å². The number of aliphatic carboxylic acids is 1. The molecule has 0 saturated heterocycles. The molecular formula is C40H40ClFN2O6. The number of carbonyl (C=O) groups excluding carboxylic acids is 1. The maximum Gasteiger partial charge on any atom is 0.305 e. The average molecular weight is 699 g/mol. The molecule has 0 spiro atoms. The lowest BCUT2D eigenvalue weighted by Gasteiger charge is -2.25. The van der Waals surface area contributed by atoms with E-state index in [4.69, 9.17) is 21.4 Å². The largest absolute Gasteiger partial charge is 0.481 e. The summed E-state index contributed by atoms with van der Waals surface area (Å²) in [5.41, 5.74) is 4.45. The van der Waals surface area contributed by atoms with E-state index in [-0.39, 0.29) is 37.9 Å². The molecule has 3 N–H and O–H groups in total. The van der Waals surface area contributed by atoms with Crippen molar-refractivity contribution in [2.24, 2.45) is 0 Å². The van der Waals surface area contributed by atoms with Crippen LogP contribution in [0, 0.1) is 5.82 Å². The van der Waals surface area contributed by atoms with E-state index in [1.807, 2.05) is 79.1 Å². The van der Waals surface area contributed by atoms with Crippen LogP contribution in [0.2, 0.25) is 5.02 Å². The number of ether oxygens (including phenoxy) is 1. The number of amides is 1. The molecule has 0 fully saturated rings. The number of para-hydroxylation sites is 1. The van der Waals surface area contributed by atoms with Crippen molar-refractivity contribution in [1.29, 1.82) is 0 Å². The van der Waals surface area contributed by atoms with Crippen LogP contribution < -0.4 is 9.64 Å². The molecular weight excluding hydrogens is 659 g/mol. The van der Waals surface area contributed by atoms with E-state index in [1.54, 1.807) is 41.3 Å². The summed E-state index contributed by atoms with van der Waals surface area (Å²) >= 11 is 6.09. The molecule has 50 heavy (non-hydrogen) atoms. The molecule has 1 amide bonds. The molecule has 0 radical (unpaired) electrons. The Hall–Kier alpha value is -4.96. The maximum absolute atomic E-state index is 15.2. The minimum Gasteiger partial charge on any atom is -0.481 e. The second-order valence-electron chi connectivity index (χ2n) is 12.4. The third kappa shape index (κ3) is 8.79. The van der Waals surface area contributed by atoms with Crippen LogP contribution in [0.15, 0.2) is 109 Å². The SMILES string of the molecule is CC(C)c1c(C(=O)N(COc2ccc(Cl)cc2)c2ccccc2)c(-c2ccccc2)c(-c2ccc(F)cc2)n1CC[C@@H](O)C[C@@H](O)CC(=O)O. The van der Waals surface area contributed by atoms with Gasteiger partial charge in [-0.05, 0) is 90.6 Å². The predicted molar refractivity (Wildman–Crippen MR) is 193 cm³/mol. The minimum atomic E-state index is -1.22. The van der Waals surface area contributed by atoms with Crippen molar-refractivity contribution < 1.29 is 34.0 Å². The van der Waals surface area contributed by atoms with Crippen molar-refractivity contribution in [3.05, 3.63) is 131 Å². The molecule has 8 nitrogen and oxygen atoms in total. The summed E-state index contributed by atoms with van der Waals surface area (Å²) in [7, 11) is 0. The Morgan fingerprint density at radius 2 is 1.46 bits per heavy atom. The number of rotatable bonds is 15. The maximum atomic E-state index is 15.2. The fourth-order valence-electron chi connectivity index (χ4n) is 6.14. The zero-order chi connectivity index (χ0) is 35.8. The van der Waals surface area contributed by atoms with Crippen molar-refractivity contribution in [2.45, 2.75) is 57.8 Å². The number of benzene rings is 4. The third-order valence-corrected chi connectivity index (χ3v) is 8.62. The first kappa shape index (κ1) is 36.3. The van der Waals surface area contributed by atoms with E-state index in [2.05, 4.69) is 0 Å². The van der Waals surface area contributed by atoms with E-state index < -0.39 is 30.4 Å². The summed E-state index contributed by atoms with van der Waals surface area (Å²) in [6, 6.07) is 31.6. The summed E-state index contributed by atoms with van der Waals surface area (Å²) < 4.78 is 22.4. The van der Waals surface area contributed by atoms with Gasteiger partial charge in [-0.15, -0.1) is 0 Å². The molecule has 1 heterocycles. The quantitative estimate of drug-likeness (QED) is 0.0947. The molecule has 0 aliphatic heterocycles. The first-order chi connectivity index (χ1) is 24.0. The van der Waals surface area contributed by atoms with Crippen LogP contribution in [0.5, 0.6) is 5.75 Å². The Labute approximate surface area is 296 Å². The number of aliphatic hydroxyl groups excluding tert-OH is 2. The van der Waals surface area contributed by atoms with E-state index in [0.29, 0.717) is 44.5 Å². The van der Waals surface area contributed by atoms with E-state index in [0.717, 1.165) is 5.56 Å². The lowest BCUT2D eigenvalue weighted by atomic mass is 9.94. The number of carboxylic acids is 1. The second kappa shape index (κ2) is 16.6. The van der Waals surface area contributed by atoms with Gasteiger partial charge >= 0.3 is 5.97 Å². The van der Waals surface area contributed by atoms with Gasteiger partial charge in [0.2, 0.25) is 0 Å². The van der Waals surface area contributed by atoms with Crippen LogP contribution in [0.25, 0.3) is 22.4 Å². The summed E-state index contributed by atoms with van der Waals surface area (Å²) in [5, 5.41) is 30.8. The summed E-state index contributed by atoms with van der Waals surface area (Å²) in [6.45, 7) is 4.07. The Balaban J connectivity index is 1.70. The predicted octanol–water partition coefficient (Wildman–Crippen LogP) is 8.40. The Kier molecular flexibility index (Phi) is 12.1. The summed E-state index contributed by atoms with van der Waals surface area (Å²) in [6.07, 6.45) is -2.70. The van der Waals surface area contributed by atoms with Gasteiger partial charge in [-0.1, -0.05) is 74.0 Å². The van der Waals surface area contributed by atoms with Crippen molar-refractivity contribution in [3.63, 3.8) is 0 Å². The molecule has 0 aliphatic carbocycles. The number of nitrogens with zero attached hydrogens (tertiary/aromatic N) is 2. The number of anilines is 1. The number of aliphatic hydroxyl groups is 2. The van der Waals surface area contributed by atoms with Gasteiger partial charge in [0.25, 0.3) is 5.91 Å². The fourth-order valence-corrected chi connectivity index (χ4v) is 6.26. The van der Waals surface area contributed by atoms with Gasteiger partial charge in [-0.3, -0.25) is 14.5 Å². The Morgan fingerprint density at radius 3 is 2.06 bits per heavy atom. The van der Waals surface area contributed by atoms with Crippen molar-refractivity contribution >= 4 is 29.2 Å². The van der Waals surface area contributed by atoms with Gasteiger partial charge in [0.05, 0.1) is 29.9 Å². The minimum absolute atomic E-state index is 0.118. The van der Waals surface area contributed by atoms with Crippen molar-refractivity contribution in [2.75, 3.05) is 11.6 Å². The number of carboxylic acid groups (broad SMARTS) is 1. The molecule has 260 valence electrons. The highest BCUT2D eigenvalue weighted by molar-refractivity contribution is 6.30. The van der Waals surface area contributed by atoms with Gasteiger partial charge < -0.3 is 24.6 Å². The van der Waals surface area contributed by atoms with Gasteiger partial charge in [0, 0.05) is 28.5 Å². The standard InChI is InChI=1S/C40H40ClFN2O6/c1-26(2)38-37(40(49)44(31-11-7-4-8-12-31)25-50-34-19-15-29(41)16-20-34)36(27-9-5-3-6-10-27)39(28-13-17-30(42)18-14-28)43(38)22-21-32(45)23-33(46)24-35(47)48/h3-20,26,32-33,45-46H,21-25H2,1-2H3,(H,47,48)/t32-,33-/m1/s1.